The van der Waals surface area contributed by atoms with Crippen LogP contribution in [0.1, 0.15) is 124 Å². The lowest BCUT2D eigenvalue weighted by Gasteiger charge is -2.30. The molecule has 0 radical (unpaired) electrons. The smallest absolute Gasteiger partial charge is 0.324 e. The number of aromatic nitrogens is 2. The highest BCUT2D eigenvalue weighted by molar-refractivity contribution is 7.53. The van der Waals surface area contributed by atoms with Gasteiger partial charge in [0.15, 0.2) is 0 Å². The number of aryl methyl sites for hydroxylation is 1. The molecule has 0 saturated heterocycles. The summed E-state index contributed by atoms with van der Waals surface area (Å²) < 4.78 is 16.1. The molecule has 0 aliphatic rings. The molecule has 6 heteroatoms. The van der Waals surface area contributed by atoms with E-state index in [0.717, 1.165) is 13.0 Å². The topological polar surface area (TPSA) is 66.3 Å². The molecule has 0 atom stereocenters. The highest BCUT2D eigenvalue weighted by Gasteiger charge is 2.45. The van der Waals surface area contributed by atoms with E-state index in [1.165, 1.54) is 83.5 Å². The van der Waals surface area contributed by atoms with Crippen molar-refractivity contribution in [2.45, 2.75) is 142 Å². The molecule has 1 rings (SSSR count). The molecule has 0 aliphatic carbocycles. The third-order valence-corrected chi connectivity index (χ3v) is 8.94. The van der Waals surface area contributed by atoms with Crippen LogP contribution in [0.25, 0.3) is 0 Å². The molecule has 5 nitrogen and oxygen atoms in total. The second-order valence-corrected chi connectivity index (χ2v) is 11.4. The van der Waals surface area contributed by atoms with Gasteiger partial charge in [0, 0.05) is 0 Å². The Hall–Kier alpha value is -0.640. The number of nitrogens with zero attached hydrogens (tertiary/aromatic N) is 2. The van der Waals surface area contributed by atoms with Crippen LogP contribution in [0.5, 0.6) is 0 Å². The third-order valence-electron chi connectivity index (χ3n) is 6.93. The fourth-order valence-corrected chi connectivity index (χ4v) is 5.64. The van der Waals surface area contributed by atoms with E-state index in [-0.39, 0.29) is 0 Å². The van der Waals surface area contributed by atoms with Crippen molar-refractivity contribution in [1.82, 2.24) is 4.57 Å². The van der Waals surface area contributed by atoms with Gasteiger partial charge in [-0.2, -0.15) is 0 Å². The predicted molar refractivity (Wildman–Crippen MR) is 130 cm³/mol. The van der Waals surface area contributed by atoms with Crippen molar-refractivity contribution in [3.63, 3.8) is 0 Å². The van der Waals surface area contributed by atoms with Crippen LogP contribution in [0, 0.1) is 0 Å². The summed E-state index contributed by atoms with van der Waals surface area (Å²) in [6.45, 7) is 7.36. The zero-order chi connectivity index (χ0) is 23.0. The standard InChI is InChI=1S/C25H49N2O3P/c1-4-7-8-9-10-11-12-13-14-15-16-17-18-19-20-26-21-22-27(24-26)23-25(5-2,6-3)31(28,29)30/h21-22,24H,4-20,23H2,1-3H3,(H-,28,29,30)/p+1. The van der Waals surface area contributed by atoms with Crippen LogP contribution in [-0.4, -0.2) is 19.5 Å². The summed E-state index contributed by atoms with van der Waals surface area (Å²) in [4.78, 5) is 19.7. The normalized spacial score (nSPS) is 12.5. The Morgan fingerprint density at radius 3 is 1.65 bits per heavy atom. The summed E-state index contributed by atoms with van der Waals surface area (Å²) in [7, 11) is -4.15. The minimum atomic E-state index is -4.15. The van der Waals surface area contributed by atoms with Crippen molar-refractivity contribution in [2.24, 2.45) is 0 Å². The molecule has 2 N–H and O–H groups in total. The predicted octanol–water partition coefficient (Wildman–Crippen LogP) is 6.99. The van der Waals surface area contributed by atoms with E-state index < -0.39 is 12.8 Å². The van der Waals surface area contributed by atoms with Gasteiger partial charge in [-0.25, -0.2) is 9.13 Å². The van der Waals surface area contributed by atoms with Crippen LogP contribution in [-0.2, 0) is 17.7 Å². The van der Waals surface area contributed by atoms with Crippen LogP contribution in [0.3, 0.4) is 0 Å². The van der Waals surface area contributed by atoms with Crippen molar-refractivity contribution in [3.05, 3.63) is 18.7 Å². The Morgan fingerprint density at radius 1 is 0.774 bits per heavy atom. The molecule has 1 aromatic rings. The summed E-state index contributed by atoms with van der Waals surface area (Å²) in [6.07, 6.45) is 26.0. The summed E-state index contributed by atoms with van der Waals surface area (Å²) in [5.41, 5.74) is 0. The molecule has 0 aromatic carbocycles. The van der Waals surface area contributed by atoms with Crippen molar-refractivity contribution in [2.75, 3.05) is 0 Å². The zero-order valence-electron chi connectivity index (χ0n) is 20.6. The maximum Gasteiger partial charge on any atom is 0.335 e. The molecule has 1 aromatic heterocycles. The molecule has 0 aliphatic heterocycles. The maximum absolute atomic E-state index is 12.0. The number of hydrogen-bond donors (Lipinski definition) is 2. The highest BCUT2D eigenvalue weighted by Crippen LogP contribution is 2.54. The quantitative estimate of drug-likeness (QED) is 0.126. The molecular weight excluding hydrogens is 407 g/mol. The Bertz CT molecular complexity index is 608. The Morgan fingerprint density at radius 2 is 1.23 bits per heavy atom. The van der Waals surface area contributed by atoms with Crippen molar-refractivity contribution in [3.8, 4) is 0 Å². The first-order valence-electron chi connectivity index (χ1n) is 13.0. The fourth-order valence-electron chi connectivity index (χ4n) is 4.47. The summed E-state index contributed by atoms with van der Waals surface area (Å²) >= 11 is 0. The molecule has 0 bridgehead atoms. The SMILES string of the molecule is CCCCCCCCCCCCCCCCn1cc[n+](CC(CC)(CC)P(=O)(O)O)c1. The first kappa shape index (κ1) is 28.4. The lowest BCUT2D eigenvalue weighted by molar-refractivity contribution is -0.700. The van der Waals surface area contributed by atoms with Crippen molar-refractivity contribution >= 4 is 7.60 Å². The second-order valence-electron chi connectivity index (χ2n) is 9.40. The van der Waals surface area contributed by atoms with Crippen LogP contribution in [0.2, 0.25) is 0 Å². The van der Waals surface area contributed by atoms with Gasteiger partial charge in [-0.1, -0.05) is 97.8 Å². The molecular formula is C25H50N2O3P+. The van der Waals surface area contributed by atoms with Gasteiger partial charge in [0.25, 0.3) is 0 Å². The molecule has 0 saturated carbocycles. The van der Waals surface area contributed by atoms with Crippen LogP contribution in [0.15, 0.2) is 18.7 Å². The monoisotopic (exact) mass is 457 g/mol. The lowest BCUT2D eigenvalue weighted by Crippen LogP contribution is -2.46. The van der Waals surface area contributed by atoms with E-state index in [1.807, 2.05) is 37.1 Å². The van der Waals surface area contributed by atoms with Gasteiger partial charge < -0.3 is 9.79 Å². The number of hydrogen-bond acceptors (Lipinski definition) is 1. The van der Waals surface area contributed by atoms with E-state index in [1.54, 1.807) is 0 Å². The molecule has 0 fully saturated rings. The Kier molecular flexibility index (Phi) is 14.7. The summed E-state index contributed by atoms with van der Waals surface area (Å²) in [5.74, 6) is 0. The Labute approximate surface area is 191 Å². The highest BCUT2D eigenvalue weighted by atomic mass is 31.2. The van der Waals surface area contributed by atoms with Crippen LogP contribution < -0.4 is 4.57 Å². The summed E-state index contributed by atoms with van der Waals surface area (Å²) in [5, 5.41) is -0.959. The van der Waals surface area contributed by atoms with E-state index in [9.17, 15) is 14.4 Å². The molecule has 0 amide bonds. The number of imidazole rings is 1. The van der Waals surface area contributed by atoms with Gasteiger partial charge in [0.1, 0.15) is 24.1 Å². The van der Waals surface area contributed by atoms with Gasteiger partial charge in [0.2, 0.25) is 6.33 Å². The van der Waals surface area contributed by atoms with Gasteiger partial charge in [0.05, 0.1) is 6.54 Å². The van der Waals surface area contributed by atoms with E-state index in [4.69, 9.17) is 0 Å². The summed E-state index contributed by atoms with van der Waals surface area (Å²) in [6, 6.07) is 0. The van der Waals surface area contributed by atoms with Crippen LogP contribution in [0.4, 0.5) is 0 Å². The second kappa shape index (κ2) is 16.0. The van der Waals surface area contributed by atoms with Gasteiger partial charge >= 0.3 is 7.60 Å². The van der Waals surface area contributed by atoms with Gasteiger partial charge in [-0.3, -0.25) is 4.57 Å². The zero-order valence-corrected chi connectivity index (χ0v) is 21.5. The van der Waals surface area contributed by atoms with Crippen molar-refractivity contribution in [1.29, 1.82) is 0 Å². The first-order valence-corrected chi connectivity index (χ1v) is 14.6. The molecule has 0 unspecified atom stereocenters. The van der Waals surface area contributed by atoms with Crippen LogP contribution >= 0.6 is 7.60 Å². The minimum Gasteiger partial charge on any atom is -0.324 e. The van der Waals surface area contributed by atoms with E-state index >= 15 is 0 Å². The van der Waals surface area contributed by atoms with Gasteiger partial charge in [-0.15, -0.1) is 0 Å². The minimum absolute atomic E-state index is 0.371. The molecule has 31 heavy (non-hydrogen) atoms. The number of unbranched alkanes of at least 4 members (excludes halogenated alkanes) is 13. The average molecular weight is 458 g/mol. The lowest BCUT2D eigenvalue weighted by atomic mass is 10.0. The van der Waals surface area contributed by atoms with Crippen molar-refractivity contribution < 1.29 is 18.9 Å². The Balaban J connectivity index is 2.10. The maximum atomic E-state index is 12.0. The fraction of sp³-hybridized carbons (Fsp3) is 0.880. The largest absolute Gasteiger partial charge is 0.335 e. The van der Waals surface area contributed by atoms with E-state index in [0.29, 0.717) is 19.4 Å². The number of rotatable bonds is 20. The first-order chi connectivity index (χ1) is 14.9. The van der Waals surface area contributed by atoms with E-state index in [2.05, 4.69) is 11.5 Å². The molecule has 1 heterocycles. The molecule has 0 spiro atoms. The third kappa shape index (κ3) is 11.2. The average Bonchev–Trinajstić information content (AvgIpc) is 3.18. The molecule has 182 valence electrons. The van der Waals surface area contributed by atoms with Gasteiger partial charge in [-0.05, 0) is 25.7 Å².